The predicted molar refractivity (Wildman–Crippen MR) is 147 cm³/mol. The van der Waals surface area contributed by atoms with Crippen LogP contribution in [0.3, 0.4) is 0 Å². The number of pyridine rings is 1. The van der Waals surface area contributed by atoms with Crippen molar-refractivity contribution in [3.63, 3.8) is 0 Å². The number of carbonyl (C=O) groups excluding carboxylic acids is 3. The lowest BCUT2D eigenvalue weighted by Gasteiger charge is -2.26. The van der Waals surface area contributed by atoms with E-state index in [2.05, 4.69) is 37.5 Å². The summed E-state index contributed by atoms with van der Waals surface area (Å²) in [5.74, 6) is 0.598. The largest absolute Gasteiger partial charge is 0.454 e. The zero-order valence-corrected chi connectivity index (χ0v) is 21.4. The van der Waals surface area contributed by atoms with Crippen LogP contribution >= 0.6 is 11.3 Å². The Balaban J connectivity index is 1.27. The van der Waals surface area contributed by atoms with E-state index < -0.39 is 6.03 Å². The van der Waals surface area contributed by atoms with Gasteiger partial charge in [-0.05, 0) is 43.5 Å². The van der Waals surface area contributed by atoms with Crippen LogP contribution in [0.25, 0.3) is 10.2 Å². The molecule has 3 aromatic heterocycles. The number of urea groups is 1. The topological polar surface area (TPSA) is 138 Å². The predicted octanol–water partition coefficient (Wildman–Crippen LogP) is 4.52. The van der Waals surface area contributed by atoms with Crippen LogP contribution in [0.5, 0.6) is 11.5 Å². The third-order valence-corrected chi connectivity index (χ3v) is 7.69. The van der Waals surface area contributed by atoms with Crippen molar-refractivity contribution in [1.29, 1.82) is 0 Å². The molecule has 1 aliphatic heterocycles. The second-order valence-electron chi connectivity index (χ2n) is 9.05. The molecule has 11 nitrogen and oxygen atoms in total. The van der Waals surface area contributed by atoms with Gasteiger partial charge in [-0.3, -0.25) is 9.59 Å². The molecule has 6 rings (SSSR count). The maximum absolute atomic E-state index is 13.4. The number of thiophene rings is 1. The molecule has 4 heterocycles. The molecule has 0 bridgehead atoms. The van der Waals surface area contributed by atoms with Gasteiger partial charge < -0.3 is 20.7 Å². The molecule has 1 aliphatic carbocycles. The first-order chi connectivity index (χ1) is 19.0. The van der Waals surface area contributed by atoms with Crippen LogP contribution in [0, 0.1) is 0 Å². The fraction of sp³-hybridized carbons (Fsp3) is 0.185. The summed E-state index contributed by atoms with van der Waals surface area (Å²) in [6.07, 6.45) is 8.15. The lowest BCUT2D eigenvalue weighted by molar-refractivity contribution is -0.117. The van der Waals surface area contributed by atoms with Gasteiger partial charge in [-0.2, -0.15) is 0 Å². The molecule has 196 valence electrons. The molecular formula is C27H23N7O4S. The lowest BCUT2D eigenvalue weighted by Crippen LogP contribution is -2.48. The van der Waals surface area contributed by atoms with Crippen molar-refractivity contribution >= 4 is 56.7 Å². The number of hydrogen-bond donors (Lipinski definition) is 3. The SMILES string of the molecule is C=CC(=O)N[C@H]1CCC[C@H]1NC(=O)c1sc2nccc3c2c1NC(=O)N3c1ncc(Oc2ccccc2)cn1. The number of nitrogens with one attached hydrogen (secondary N) is 3. The van der Waals surface area contributed by atoms with Crippen LogP contribution in [0.15, 0.2) is 67.6 Å². The summed E-state index contributed by atoms with van der Waals surface area (Å²) in [6, 6.07) is 10.0. The maximum Gasteiger partial charge on any atom is 0.333 e. The highest BCUT2D eigenvalue weighted by atomic mass is 32.1. The minimum Gasteiger partial charge on any atom is -0.454 e. The Morgan fingerprint density at radius 2 is 1.79 bits per heavy atom. The molecule has 2 aliphatic rings. The van der Waals surface area contributed by atoms with Crippen molar-refractivity contribution in [1.82, 2.24) is 25.6 Å². The normalized spacial score (nSPS) is 17.9. The number of hydrogen-bond acceptors (Lipinski definition) is 8. The Bertz CT molecular complexity index is 1590. The summed E-state index contributed by atoms with van der Waals surface area (Å²) in [7, 11) is 0. The summed E-state index contributed by atoms with van der Waals surface area (Å²) < 4.78 is 5.76. The highest BCUT2D eigenvalue weighted by Gasteiger charge is 2.36. The van der Waals surface area contributed by atoms with Crippen molar-refractivity contribution in [2.45, 2.75) is 31.3 Å². The fourth-order valence-corrected chi connectivity index (χ4v) is 5.85. The van der Waals surface area contributed by atoms with Crippen LogP contribution in [0.2, 0.25) is 0 Å². The van der Waals surface area contributed by atoms with Crippen LogP contribution in [-0.4, -0.2) is 44.9 Å². The highest BCUT2D eigenvalue weighted by Crippen LogP contribution is 2.45. The monoisotopic (exact) mass is 541 g/mol. The van der Waals surface area contributed by atoms with Crippen LogP contribution < -0.4 is 25.6 Å². The van der Waals surface area contributed by atoms with E-state index in [1.54, 1.807) is 12.3 Å². The first-order valence-corrected chi connectivity index (χ1v) is 13.1. The maximum atomic E-state index is 13.4. The Hall–Kier alpha value is -4.84. The molecule has 4 aromatic rings. The van der Waals surface area contributed by atoms with Gasteiger partial charge in [0.25, 0.3) is 5.91 Å². The molecule has 12 heteroatoms. The van der Waals surface area contributed by atoms with Gasteiger partial charge in [0.2, 0.25) is 11.9 Å². The molecule has 1 fully saturated rings. The molecule has 0 saturated heterocycles. The number of benzene rings is 1. The van der Waals surface area contributed by atoms with Crippen LogP contribution in [0.4, 0.5) is 22.1 Å². The van der Waals surface area contributed by atoms with Crippen LogP contribution in [-0.2, 0) is 4.79 Å². The molecule has 0 spiro atoms. The summed E-state index contributed by atoms with van der Waals surface area (Å²) in [6.45, 7) is 3.49. The van der Waals surface area contributed by atoms with Gasteiger partial charge in [0.1, 0.15) is 15.5 Å². The van der Waals surface area contributed by atoms with E-state index in [0.717, 1.165) is 19.3 Å². The molecular weight excluding hydrogens is 518 g/mol. The number of anilines is 3. The van der Waals surface area contributed by atoms with Crippen molar-refractivity contribution in [2.24, 2.45) is 0 Å². The van der Waals surface area contributed by atoms with Crippen molar-refractivity contribution in [3.8, 4) is 11.5 Å². The van der Waals surface area contributed by atoms with E-state index in [1.807, 2.05) is 30.3 Å². The van der Waals surface area contributed by atoms with Gasteiger partial charge in [-0.1, -0.05) is 24.8 Å². The molecule has 2 atom stereocenters. The number of amides is 4. The van der Waals surface area contributed by atoms with E-state index in [4.69, 9.17) is 4.74 Å². The number of ether oxygens (including phenoxy) is 1. The summed E-state index contributed by atoms with van der Waals surface area (Å²) in [5, 5.41) is 9.37. The van der Waals surface area contributed by atoms with E-state index in [1.165, 1.54) is 34.7 Å². The van der Waals surface area contributed by atoms with E-state index in [9.17, 15) is 14.4 Å². The first-order valence-electron chi connectivity index (χ1n) is 12.3. The zero-order valence-electron chi connectivity index (χ0n) is 20.6. The fourth-order valence-electron chi connectivity index (χ4n) is 4.83. The highest BCUT2D eigenvalue weighted by molar-refractivity contribution is 7.21. The summed E-state index contributed by atoms with van der Waals surface area (Å²) >= 11 is 1.19. The van der Waals surface area contributed by atoms with E-state index >= 15 is 0 Å². The van der Waals surface area contributed by atoms with Gasteiger partial charge in [0.05, 0.1) is 29.2 Å². The minimum atomic E-state index is -0.504. The van der Waals surface area contributed by atoms with Gasteiger partial charge in [-0.25, -0.2) is 24.6 Å². The van der Waals surface area contributed by atoms with Crippen LogP contribution in [0.1, 0.15) is 28.9 Å². The van der Waals surface area contributed by atoms with Gasteiger partial charge in [0.15, 0.2) is 5.75 Å². The number of para-hydroxylation sites is 1. The minimum absolute atomic E-state index is 0.148. The number of nitrogens with zero attached hydrogens (tertiary/aromatic N) is 4. The number of rotatable bonds is 7. The first kappa shape index (κ1) is 24.5. The molecule has 3 N–H and O–H groups in total. The molecule has 0 unspecified atom stereocenters. The number of carbonyl (C=O) groups is 3. The van der Waals surface area contributed by atoms with Gasteiger partial charge in [0, 0.05) is 18.3 Å². The second-order valence-corrected chi connectivity index (χ2v) is 10.0. The third kappa shape index (κ3) is 4.66. The van der Waals surface area contributed by atoms with Crippen molar-refractivity contribution in [3.05, 3.63) is 72.5 Å². The Labute approximate surface area is 226 Å². The average Bonchev–Trinajstić information content (AvgIpc) is 3.54. The van der Waals surface area contributed by atoms with Crippen molar-refractivity contribution in [2.75, 3.05) is 10.2 Å². The average molecular weight is 542 g/mol. The molecule has 39 heavy (non-hydrogen) atoms. The summed E-state index contributed by atoms with van der Waals surface area (Å²) in [4.78, 5) is 53.9. The number of aromatic nitrogens is 3. The smallest absolute Gasteiger partial charge is 0.333 e. The lowest BCUT2D eigenvalue weighted by atomic mass is 10.1. The van der Waals surface area contributed by atoms with E-state index in [0.29, 0.717) is 38.0 Å². The summed E-state index contributed by atoms with van der Waals surface area (Å²) in [5.41, 5.74) is 0.910. The molecule has 0 radical (unpaired) electrons. The van der Waals surface area contributed by atoms with Crippen molar-refractivity contribution < 1.29 is 19.1 Å². The van der Waals surface area contributed by atoms with Gasteiger partial charge in [-0.15, -0.1) is 11.3 Å². The van der Waals surface area contributed by atoms with Gasteiger partial charge >= 0.3 is 6.03 Å². The third-order valence-electron chi connectivity index (χ3n) is 6.59. The Morgan fingerprint density at radius 3 is 2.54 bits per heavy atom. The quantitative estimate of drug-likeness (QED) is 0.293. The Morgan fingerprint density at radius 1 is 1.05 bits per heavy atom. The second kappa shape index (κ2) is 10.1. The standard InChI is InChI=1S/C27H23N7O4S/c1-2-20(35)31-17-9-6-10-18(17)32-24(36)23-22-21-19(11-12-28-25(21)39-23)34(27(37)33-22)26-29-13-16(14-30-26)38-15-7-4-3-5-8-15/h2-5,7-8,11-14,17-18H,1,6,9-10H2,(H,31,35)(H,32,36)(H,33,37)/t17-,18+/m0/s1. The zero-order chi connectivity index (χ0) is 26.9. The Kier molecular flexibility index (Phi) is 6.37. The molecule has 1 aromatic carbocycles. The van der Waals surface area contributed by atoms with E-state index in [-0.39, 0.29) is 29.8 Å². The molecule has 1 saturated carbocycles. The molecule has 4 amide bonds.